The first kappa shape index (κ1) is 20.9. The molecule has 5 rings (SSSR count). The van der Waals surface area contributed by atoms with Gasteiger partial charge in [0.05, 0.1) is 11.4 Å². The second-order valence-corrected chi connectivity index (χ2v) is 7.92. The number of rotatable bonds is 5. The van der Waals surface area contributed by atoms with Crippen molar-refractivity contribution in [1.82, 2.24) is 9.78 Å². The fourth-order valence-electron chi connectivity index (χ4n) is 4.10. The van der Waals surface area contributed by atoms with Crippen LogP contribution in [0.15, 0.2) is 42.5 Å². The number of nitrogens with one attached hydrogen (secondary N) is 1. The van der Waals surface area contributed by atoms with Gasteiger partial charge in [-0.2, -0.15) is 5.10 Å². The molecule has 0 saturated carbocycles. The Kier molecular flexibility index (Phi) is 5.37. The fourth-order valence-corrected chi connectivity index (χ4v) is 4.10. The standard InChI is InChI=1S/C24H20FN3O5/c25-15-6-8-16(9-7-15)28-19-4-2-1-3-17(19)23(27-28)24(31)33-12-20(29)14-5-10-21-18(11-14)26-22(30)13-32-21/h5-11H,1-4,12-13H2,(H,26,30). The van der Waals surface area contributed by atoms with Gasteiger partial charge in [0.1, 0.15) is 11.6 Å². The zero-order chi connectivity index (χ0) is 22.9. The smallest absolute Gasteiger partial charge is 0.359 e. The van der Waals surface area contributed by atoms with E-state index in [0.29, 0.717) is 23.5 Å². The van der Waals surface area contributed by atoms with Crippen molar-refractivity contribution in [2.75, 3.05) is 18.5 Å². The lowest BCUT2D eigenvalue weighted by molar-refractivity contribution is -0.118. The van der Waals surface area contributed by atoms with Crippen LogP contribution in [0.4, 0.5) is 10.1 Å². The summed E-state index contributed by atoms with van der Waals surface area (Å²) in [5.74, 6) is -1.29. The molecular weight excluding hydrogens is 429 g/mol. The minimum absolute atomic E-state index is 0.0766. The van der Waals surface area contributed by atoms with Gasteiger partial charge < -0.3 is 14.8 Å². The number of aromatic nitrogens is 2. The van der Waals surface area contributed by atoms with Crippen LogP contribution >= 0.6 is 0 Å². The van der Waals surface area contributed by atoms with Crippen LogP contribution in [-0.2, 0) is 22.4 Å². The second-order valence-electron chi connectivity index (χ2n) is 7.92. The number of Topliss-reactive ketones (excluding diaryl/α,β-unsaturated/α-hetero) is 1. The molecular formula is C24H20FN3O5. The molecule has 0 spiro atoms. The van der Waals surface area contributed by atoms with E-state index in [2.05, 4.69) is 10.4 Å². The maximum Gasteiger partial charge on any atom is 0.359 e. The minimum Gasteiger partial charge on any atom is -0.482 e. The Morgan fingerprint density at radius 2 is 1.91 bits per heavy atom. The van der Waals surface area contributed by atoms with Gasteiger partial charge in [-0.25, -0.2) is 13.9 Å². The molecule has 0 atom stereocenters. The van der Waals surface area contributed by atoms with Crippen LogP contribution in [0.25, 0.3) is 5.69 Å². The number of hydrogen-bond donors (Lipinski definition) is 1. The number of benzene rings is 2. The third-order valence-corrected chi connectivity index (χ3v) is 5.71. The Morgan fingerprint density at radius 3 is 2.73 bits per heavy atom. The summed E-state index contributed by atoms with van der Waals surface area (Å²) in [6.07, 6.45) is 3.31. The molecule has 168 valence electrons. The molecule has 1 N–H and O–H groups in total. The Bertz CT molecular complexity index is 1270. The van der Waals surface area contributed by atoms with Crippen molar-refractivity contribution >= 4 is 23.3 Å². The molecule has 3 aromatic rings. The maximum absolute atomic E-state index is 13.3. The lowest BCUT2D eigenvalue weighted by atomic mass is 9.95. The average molecular weight is 449 g/mol. The molecule has 1 aliphatic heterocycles. The molecule has 0 radical (unpaired) electrons. The number of fused-ring (bicyclic) bond motifs is 2. The summed E-state index contributed by atoms with van der Waals surface area (Å²) >= 11 is 0. The molecule has 0 saturated heterocycles. The Balaban J connectivity index is 1.34. The summed E-state index contributed by atoms with van der Waals surface area (Å²) in [5.41, 5.74) is 3.21. The molecule has 33 heavy (non-hydrogen) atoms. The normalized spacial score (nSPS) is 14.5. The Morgan fingerprint density at radius 1 is 1.12 bits per heavy atom. The number of ether oxygens (including phenoxy) is 2. The van der Waals surface area contributed by atoms with Crippen LogP contribution in [0.5, 0.6) is 5.75 Å². The summed E-state index contributed by atoms with van der Waals surface area (Å²) in [5, 5.41) is 7.09. The number of carbonyl (C=O) groups is 3. The lowest BCUT2D eigenvalue weighted by Gasteiger charge is -2.18. The van der Waals surface area contributed by atoms with E-state index in [4.69, 9.17) is 9.47 Å². The van der Waals surface area contributed by atoms with Crippen molar-refractivity contribution in [3.8, 4) is 11.4 Å². The SMILES string of the molecule is O=C1COc2ccc(C(=O)COC(=O)c3nn(-c4ccc(F)cc4)c4c3CCCC4)cc2N1. The minimum atomic E-state index is -0.683. The molecule has 1 aromatic heterocycles. The highest BCUT2D eigenvalue weighted by molar-refractivity contribution is 6.02. The predicted octanol–water partition coefficient (Wildman–Crippen LogP) is 3.26. The third kappa shape index (κ3) is 4.09. The molecule has 9 heteroatoms. The van der Waals surface area contributed by atoms with E-state index < -0.39 is 18.4 Å². The van der Waals surface area contributed by atoms with Gasteiger partial charge in [-0.1, -0.05) is 0 Å². The Hall–Kier alpha value is -4.01. The summed E-state index contributed by atoms with van der Waals surface area (Å²) < 4.78 is 25.6. The van der Waals surface area contributed by atoms with Crippen molar-refractivity contribution < 1.29 is 28.2 Å². The zero-order valence-corrected chi connectivity index (χ0v) is 17.6. The van der Waals surface area contributed by atoms with Crippen LogP contribution in [0, 0.1) is 5.82 Å². The van der Waals surface area contributed by atoms with E-state index in [0.717, 1.165) is 30.5 Å². The van der Waals surface area contributed by atoms with Crippen LogP contribution in [0.3, 0.4) is 0 Å². The number of ketones is 1. The molecule has 0 bridgehead atoms. The number of carbonyl (C=O) groups excluding carboxylic acids is 3. The highest BCUT2D eigenvalue weighted by atomic mass is 19.1. The summed E-state index contributed by atoms with van der Waals surface area (Å²) in [6, 6.07) is 10.5. The van der Waals surface area contributed by atoms with Crippen LogP contribution in [0.2, 0.25) is 0 Å². The van der Waals surface area contributed by atoms with Gasteiger partial charge in [-0.3, -0.25) is 9.59 Å². The first-order valence-electron chi connectivity index (χ1n) is 10.6. The monoisotopic (exact) mass is 449 g/mol. The number of anilines is 1. The topological polar surface area (TPSA) is 99.5 Å². The van der Waals surface area contributed by atoms with E-state index in [9.17, 15) is 18.8 Å². The number of hydrogen-bond acceptors (Lipinski definition) is 6. The fraction of sp³-hybridized carbons (Fsp3) is 0.250. The van der Waals surface area contributed by atoms with E-state index >= 15 is 0 Å². The second kappa shape index (κ2) is 8.50. The lowest BCUT2D eigenvalue weighted by Crippen LogP contribution is -2.25. The molecule has 2 heterocycles. The van der Waals surface area contributed by atoms with Gasteiger partial charge in [0.2, 0.25) is 0 Å². The largest absolute Gasteiger partial charge is 0.482 e. The van der Waals surface area contributed by atoms with Crippen molar-refractivity contribution in [3.63, 3.8) is 0 Å². The van der Waals surface area contributed by atoms with Gasteiger partial charge in [-0.15, -0.1) is 0 Å². The van der Waals surface area contributed by atoms with E-state index in [1.165, 1.54) is 18.2 Å². The van der Waals surface area contributed by atoms with Crippen LogP contribution in [0.1, 0.15) is 44.9 Å². The average Bonchev–Trinajstić information content (AvgIpc) is 3.22. The first-order chi connectivity index (χ1) is 16.0. The number of halogens is 1. The van der Waals surface area contributed by atoms with E-state index in [-0.39, 0.29) is 29.6 Å². The van der Waals surface area contributed by atoms with Gasteiger partial charge in [0, 0.05) is 16.8 Å². The van der Waals surface area contributed by atoms with Crippen LogP contribution in [-0.4, -0.2) is 40.7 Å². The van der Waals surface area contributed by atoms with Crippen LogP contribution < -0.4 is 10.1 Å². The highest BCUT2D eigenvalue weighted by Crippen LogP contribution is 2.29. The van der Waals surface area contributed by atoms with Gasteiger partial charge in [-0.05, 0) is 68.1 Å². The molecule has 0 unspecified atom stereocenters. The molecule has 2 aliphatic rings. The Labute approximate surface area is 188 Å². The molecule has 1 amide bonds. The van der Waals surface area contributed by atoms with E-state index in [1.807, 2.05) is 0 Å². The van der Waals surface area contributed by atoms with Crippen molar-refractivity contribution in [2.45, 2.75) is 25.7 Å². The summed E-state index contributed by atoms with van der Waals surface area (Å²) in [4.78, 5) is 36.9. The first-order valence-corrected chi connectivity index (χ1v) is 10.6. The van der Waals surface area contributed by atoms with Gasteiger partial charge in [0.15, 0.2) is 24.7 Å². The number of amides is 1. The predicted molar refractivity (Wildman–Crippen MR) is 115 cm³/mol. The van der Waals surface area contributed by atoms with Crippen molar-refractivity contribution in [2.24, 2.45) is 0 Å². The van der Waals surface area contributed by atoms with E-state index in [1.54, 1.807) is 28.9 Å². The quantitative estimate of drug-likeness (QED) is 0.474. The summed E-state index contributed by atoms with van der Waals surface area (Å²) in [6.45, 7) is -0.544. The maximum atomic E-state index is 13.3. The molecule has 2 aromatic carbocycles. The molecule has 8 nitrogen and oxygen atoms in total. The van der Waals surface area contributed by atoms with Crippen molar-refractivity contribution in [3.05, 3.63) is 70.8 Å². The highest BCUT2D eigenvalue weighted by Gasteiger charge is 2.27. The third-order valence-electron chi connectivity index (χ3n) is 5.71. The number of esters is 1. The van der Waals surface area contributed by atoms with Gasteiger partial charge in [0.25, 0.3) is 5.91 Å². The summed E-state index contributed by atoms with van der Waals surface area (Å²) in [7, 11) is 0. The van der Waals surface area contributed by atoms with Crippen molar-refractivity contribution in [1.29, 1.82) is 0 Å². The molecule has 0 fully saturated rings. The van der Waals surface area contributed by atoms with Gasteiger partial charge >= 0.3 is 5.97 Å². The number of nitrogens with zero attached hydrogens (tertiary/aromatic N) is 2. The molecule has 1 aliphatic carbocycles. The zero-order valence-electron chi connectivity index (χ0n) is 17.6.